The number of methoxy groups -OCH3 is 1. The molecule has 0 saturated heterocycles. The number of amides is 1. The molecule has 7 heteroatoms. The molecule has 0 spiro atoms. The van der Waals surface area contributed by atoms with Gasteiger partial charge in [0.25, 0.3) is 0 Å². The molecule has 3 rings (SSSR count). The largest absolute Gasteiger partial charge is 0.493 e. The molecule has 0 unspecified atom stereocenters. The lowest BCUT2D eigenvalue weighted by molar-refractivity contribution is -0.116. The van der Waals surface area contributed by atoms with Gasteiger partial charge in [-0.25, -0.2) is 9.18 Å². The third-order valence-corrected chi connectivity index (χ3v) is 6.03. The van der Waals surface area contributed by atoms with Gasteiger partial charge in [-0.2, -0.15) is 0 Å². The number of esters is 1. The highest BCUT2D eigenvalue weighted by atomic mass is 32.1. The summed E-state index contributed by atoms with van der Waals surface area (Å²) in [5.74, 6) is -0.317. The number of hydrogen-bond donors (Lipinski definition) is 1. The minimum Gasteiger partial charge on any atom is -0.493 e. The number of aryl methyl sites for hydroxylation is 3. The van der Waals surface area contributed by atoms with Crippen molar-refractivity contribution in [2.75, 3.05) is 19.0 Å². The van der Waals surface area contributed by atoms with Crippen molar-refractivity contribution in [3.05, 3.63) is 69.8 Å². The van der Waals surface area contributed by atoms with Crippen LogP contribution in [-0.2, 0) is 9.53 Å². The molecular weight excluding hydrogens is 429 g/mol. The molecule has 0 radical (unpaired) electrons. The molecule has 1 N–H and O–H groups in total. The fourth-order valence-corrected chi connectivity index (χ4v) is 4.44. The van der Waals surface area contributed by atoms with Crippen molar-refractivity contribution in [3.63, 3.8) is 0 Å². The lowest BCUT2D eigenvalue weighted by Crippen LogP contribution is -2.15. The quantitative estimate of drug-likeness (QED) is 0.331. The van der Waals surface area contributed by atoms with E-state index in [1.54, 1.807) is 12.1 Å². The van der Waals surface area contributed by atoms with Gasteiger partial charge >= 0.3 is 5.97 Å². The highest BCUT2D eigenvalue weighted by Crippen LogP contribution is 2.40. The Morgan fingerprint density at radius 3 is 2.47 bits per heavy atom. The summed E-state index contributed by atoms with van der Waals surface area (Å²) in [6.45, 7) is 6.24. The van der Waals surface area contributed by atoms with Crippen molar-refractivity contribution in [1.29, 1.82) is 0 Å². The predicted molar refractivity (Wildman–Crippen MR) is 125 cm³/mol. The second-order valence-corrected chi connectivity index (χ2v) is 8.73. The van der Waals surface area contributed by atoms with E-state index in [1.165, 1.54) is 30.6 Å². The van der Waals surface area contributed by atoms with Gasteiger partial charge in [0.2, 0.25) is 5.91 Å². The highest BCUT2D eigenvalue weighted by molar-refractivity contribution is 7.17. The van der Waals surface area contributed by atoms with Gasteiger partial charge in [0.15, 0.2) is 0 Å². The summed E-state index contributed by atoms with van der Waals surface area (Å²) in [4.78, 5) is 25.9. The van der Waals surface area contributed by atoms with E-state index in [2.05, 4.69) is 5.32 Å². The van der Waals surface area contributed by atoms with Crippen LogP contribution in [0.3, 0.4) is 0 Å². The number of carbonyl (C=O) groups excluding carboxylic acids is 2. The molecule has 32 heavy (non-hydrogen) atoms. The van der Waals surface area contributed by atoms with Gasteiger partial charge in [0.05, 0.1) is 13.7 Å². The molecule has 0 fully saturated rings. The van der Waals surface area contributed by atoms with Crippen LogP contribution in [0, 0.1) is 26.6 Å². The fraction of sp³-hybridized carbons (Fsp3) is 0.280. The monoisotopic (exact) mass is 455 g/mol. The van der Waals surface area contributed by atoms with Crippen molar-refractivity contribution in [2.45, 2.75) is 33.6 Å². The Labute approximate surface area is 191 Å². The van der Waals surface area contributed by atoms with Crippen molar-refractivity contribution in [2.24, 2.45) is 0 Å². The zero-order valence-corrected chi connectivity index (χ0v) is 19.4. The summed E-state index contributed by atoms with van der Waals surface area (Å²) in [5, 5.41) is 3.26. The number of nitrogens with one attached hydrogen (secondary N) is 1. The number of carbonyl (C=O) groups is 2. The van der Waals surface area contributed by atoms with E-state index < -0.39 is 5.97 Å². The molecule has 3 aromatic rings. The van der Waals surface area contributed by atoms with Gasteiger partial charge in [-0.15, -0.1) is 11.3 Å². The van der Waals surface area contributed by atoms with Gasteiger partial charge in [-0.1, -0.05) is 24.3 Å². The maximum atomic E-state index is 13.3. The first-order chi connectivity index (χ1) is 15.3. The minimum absolute atomic E-state index is 0.216. The van der Waals surface area contributed by atoms with Crippen LogP contribution in [0.4, 0.5) is 9.39 Å². The molecule has 1 amide bonds. The van der Waals surface area contributed by atoms with Gasteiger partial charge in [0, 0.05) is 16.9 Å². The molecule has 0 aliphatic rings. The molecule has 5 nitrogen and oxygen atoms in total. The highest BCUT2D eigenvalue weighted by Gasteiger charge is 2.25. The smallest absolute Gasteiger partial charge is 0.341 e. The number of hydrogen-bond acceptors (Lipinski definition) is 5. The third kappa shape index (κ3) is 5.53. The average molecular weight is 456 g/mol. The van der Waals surface area contributed by atoms with E-state index in [9.17, 15) is 14.0 Å². The van der Waals surface area contributed by atoms with Crippen LogP contribution < -0.4 is 10.1 Å². The van der Waals surface area contributed by atoms with Gasteiger partial charge in [0.1, 0.15) is 22.1 Å². The third-order valence-electron chi connectivity index (χ3n) is 5.01. The summed E-state index contributed by atoms with van der Waals surface area (Å²) in [5.41, 5.74) is 3.76. The maximum Gasteiger partial charge on any atom is 0.341 e. The second kappa shape index (κ2) is 10.4. The van der Waals surface area contributed by atoms with Crippen LogP contribution >= 0.6 is 11.3 Å². The number of halogens is 1. The average Bonchev–Trinajstić information content (AvgIpc) is 3.09. The molecule has 0 atom stereocenters. The molecular formula is C25H26FNO4S. The first-order valence-electron chi connectivity index (χ1n) is 10.3. The summed E-state index contributed by atoms with van der Waals surface area (Å²) in [6.07, 6.45) is 0.774. The Bertz CT molecular complexity index is 1120. The van der Waals surface area contributed by atoms with Crippen LogP contribution in [0.5, 0.6) is 5.75 Å². The van der Waals surface area contributed by atoms with Crippen LogP contribution in [0.25, 0.3) is 11.1 Å². The standard InChI is InChI=1S/C25H26FNO4S/c1-15-7-8-16(2)20(14-15)31-13-5-6-21(28)27-24-23(25(29)30-4)22(17(3)32-24)18-9-11-19(26)12-10-18/h7-12,14H,5-6,13H2,1-4H3,(H,27,28). The lowest BCUT2D eigenvalue weighted by atomic mass is 10.0. The summed E-state index contributed by atoms with van der Waals surface area (Å²) >= 11 is 1.29. The van der Waals surface area contributed by atoms with Crippen LogP contribution in [0.15, 0.2) is 42.5 Å². The van der Waals surface area contributed by atoms with Crippen molar-refractivity contribution < 1.29 is 23.5 Å². The van der Waals surface area contributed by atoms with Crippen LogP contribution in [-0.4, -0.2) is 25.6 Å². The number of rotatable bonds is 8. The van der Waals surface area contributed by atoms with Gasteiger partial charge in [-0.05, 0) is 62.1 Å². The first-order valence-corrected chi connectivity index (χ1v) is 11.1. The molecule has 168 valence electrons. The normalized spacial score (nSPS) is 10.7. The van der Waals surface area contributed by atoms with Crippen molar-refractivity contribution in [1.82, 2.24) is 0 Å². The first kappa shape index (κ1) is 23.5. The van der Waals surface area contributed by atoms with Gasteiger partial charge < -0.3 is 14.8 Å². The SMILES string of the molecule is COC(=O)c1c(NC(=O)CCCOc2cc(C)ccc2C)sc(C)c1-c1ccc(F)cc1. The predicted octanol–water partition coefficient (Wildman–Crippen LogP) is 6.06. The van der Waals surface area contributed by atoms with E-state index >= 15 is 0 Å². The number of benzene rings is 2. The summed E-state index contributed by atoms with van der Waals surface area (Å²) in [6, 6.07) is 11.9. The zero-order chi connectivity index (χ0) is 23.3. The molecule has 0 aliphatic carbocycles. The molecule has 0 bridgehead atoms. The topological polar surface area (TPSA) is 64.6 Å². The van der Waals surface area contributed by atoms with Gasteiger partial charge in [-0.3, -0.25) is 4.79 Å². The Kier molecular flexibility index (Phi) is 7.64. The molecule has 0 saturated carbocycles. The summed E-state index contributed by atoms with van der Waals surface area (Å²) < 4.78 is 24.1. The Balaban J connectivity index is 1.69. The molecule has 1 aromatic heterocycles. The fourth-order valence-electron chi connectivity index (χ4n) is 3.36. The van der Waals surface area contributed by atoms with Crippen molar-refractivity contribution in [3.8, 4) is 16.9 Å². The zero-order valence-electron chi connectivity index (χ0n) is 18.6. The minimum atomic E-state index is -0.553. The van der Waals surface area contributed by atoms with E-state index in [1.807, 2.05) is 39.0 Å². The van der Waals surface area contributed by atoms with Crippen molar-refractivity contribution >= 4 is 28.2 Å². The van der Waals surface area contributed by atoms with E-state index in [4.69, 9.17) is 9.47 Å². The summed E-state index contributed by atoms with van der Waals surface area (Å²) in [7, 11) is 1.29. The number of anilines is 1. The maximum absolute atomic E-state index is 13.3. The number of thiophene rings is 1. The van der Waals surface area contributed by atoms with E-state index in [-0.39, 0.29) is 23.7 Å². The van der Waals surface area contributed by atoms with E-state index in [0.717, 1.165) is 21.8 Å². The Morgan fingerprint density at radius 1 is 1.06 bits per heavy atom. The molecule has 0 aliphatic heterocycles. The number of ether oxygens (including phenoxy) is 2. The lowest BCUT2D eigenvalue weighted by Gasteiger charge is -2.10. The Hall–Kier alpha value is -3.19. The molecule has 1 heterocycles. The molecule has 2 aromatic carbocycles. The Morgan fingerprint density at radius 2 is 1.78 bits per heavy atom. The van der Waals surface area contributed by atoms with Crippen LogP contribution in [0.1, 0.15) is 39.2 Å². The second-order valence-electron chi connectivity index (χ2n) is 7.50. The van der Waals surface area contributed by atoms with Crippen LogP contribution in [0.2, 0.25) is 0 Å². The van der Waals surface area contributed by atoms with E-state index in [0.29, 0.717) is 29.2 Å².